The van der Waals surface area contributed by atoms with Crippen molar-refractivity contribution < 1.29 is 19.1 Å². The van der Waals surface area contributed by atoms with Gasteiger partial charge in [-0.3, -0.25) is 0 Å². The summed E-state index contributed by atoms with van der Waals surface area (Å²) in [7, 11) is 1.42. The molecule has 1 aromatic carbocycles. The van der Waals surface area contributed by atoms with Crippen LogP contribution in [0.2, 0.25) is 0 Å². The van der Waals surface area contributed by atoms with Gasteiger partial charge >= 0.3 is 12.1 Å². The topological polar surface area (TPSA) is 69.6 Å². The fraction of sp³-hybridized carbons (Fsp3) is 0.565. The number of ether oxygens (including phenoxy) is 2. The molecule has 0 radical (unpaired) electrons. The highest BCUT2D eigenvalue weighted by molar-refractivity contribution is 6.06. The summed E-state index contributed by atoms with van der Waals surface area (Å²) in [5, 5.41) is 4.01. The lowest BCUT2D eigenvalue weighted by Gasteiger charge is -2.72. The van der Waals surface area contributed by atoms with E-state index in [4.69, 9.17) is 9.47 Å². The van der Waals surface area contributed by atoms with Crippen molar-refractivity contribution in [2.75, 3.05) is 7.11 Å². The second-order valence-electron chi connectivity index (χ2n) is 9.82. The van der Waals surface area contributed by atoms with E-state index in [1.807, 2.05) is 45.9 Å². The zero-order valence-corrected chi connectivity index (χ0v) is 18.1. The van der Waals surface area contributed by atoms with E-state index < -0.39 is 5.60 Å². The SMILES string of the molecule is COC(=O)c1c(C)n([C@H](C)C23CC(NC(=O)OC(C)(C)C)(C2)C3)c2ccccc12. The molecule has 29 heavy (non-hydrogen) atoms. The highest BCUT2D eigenvalue weighted by Gasteiger charge is 2.71. The zero-order chi connectivity index (χ0) is 21.2. The summed E-state index contributed by atoms with van der Waals surface area (Å²) in [5.74, 6) is -0.301. The van der Waals surface area contributed by atoms with Crippen LogP contribution in [0.25, 0.3) is 10.9 Å². The first-order chi connectivity index (χ1) is 13.5. The highest BCUT2D eigenvalue weighted by atomic mass is 16.6. The molecule has 156 valence electrons. The third-order valence-corrected chi connectivity index (χ3v) is 6.66. The first-order valence-electron chi connectivity index (χ1n) is 10.2. The summed E-state index contributed by atoms with van der Waals surface area (Å²) in [6.45, 7) is 9.82. The second kappa shape index (κ2) is 6.25. The molecule has 0 aliphatic heterocycles. The Labute approximate surface area is 171 Å². The van der Waals surface area contributed by atoms with Gasteiger partial charge in [-0.2, -0.15) is 0 Å². The van der Waals surface area contributed by atoms with Crippen LogP contribution >= 0.6 is 0 Å². The Morgan fingerprint density at radius 1 is 1.17 bits per heavy atom. The summed E-state index contributed by atoms with van der Waals surface area (Å²) in [4.78, 5) is 24.6. The summed E-state index contributed by atoms with van der Waals surface area (Å²) in [5.41, 5.74) is 2.13. The first-order valence-corrected chi connectivity index (χ1v) is 10.2. The molecular weight excluding hydrogens is 368 g/mol. The number of carbonyl (C=O) groups is 2. The number of carbonyl (C=O) groups excluding carboxylic acids is 2. The number of nitrogens with one attached hydrogen (secondary N) is 1. The average molecular weight is 399 g/mol. The van der Waals surface area contributed by atoms with Gasteiger partial charge in [0, 0.05) is 28.2 Å². The van der Waals surface area contributed by atoms with Gasteiger partial charge in [-0.05, 0) is 65.4 Å². The molecular formula is C23H30N2O4. The van der Waals surface area contributed by atoms with Gasteiger partial charge in [-0.1, -0.05) is 18.2 Å². The predicted octanol–water partition coefficient (Wildman–Crippen LogP) is 4.74. The van der Waals surface area contributed by atoms with Crippen LogP contribution in [0, 0.1) is 12.3 Å². The number of fused-ring (bicyclic) bond motifs is 1. The third kappa shape index (κ3) is 3.00. The molecule has 1 amide bonds. The number of benzene rings is 1. The molecule has 2 bridgehead atoms. The van der Waals surface area contributed by atoms with E-state index >= 15 is 0 Å². The maximum atomic E-state index is 12.4. The number of hydrogen-bond acceptors (Lipinski definition) is 4. The Hall–Kier alpha value is -2.50. The van der Waals surface area contributed by atoms with Gasteiger partial charge in [0.15, 0.2) is 0 Å². The van der Waals surface area contributed by atoms with Crippen molar-refractivity contribution in [3.05, 3.63) is 35.5 Å². The van der Waals surface area contributed by atoms with E-state index in [2.05, 4.69) is 22.9 Å². The number of esters is 1. The molecule has 2 aromatic rings. The minimum Gasteiger partial charge on any atom is -0.465 e. The van der Waals surface area contributed by atoms with E-state index in [0.29, 0.717) is 5.56 Å². The quantitative estimate of drug-likeness (QED) is 0.755. The lowest BCUT2D eigenvalue weighted by molar-refractivity contribution is -0.178. The minimum atomic E-state index is -0.496. The van der Waals surface area contributed by atoms with Crippen LogP contribution in [0.15, 0.2) is 24.3 Å². The van der Waals surface area contributed by atoms with Gasteiger partial charge in [0.05, 0.1) is 12.7 Å². The minimum absolute atomic E-state index is 0.134. The molecule has 0 spiro atoms. The van der Waals surface area contributed by atoms with Crippen LogP contribution in [0.3, 0.4) is 0 Å². The molecule has 3 aliphatic rings. The lowest BCUT2D eigenvalue weighted by atomic mass is 9.37. The lowest BCUT2D eigenvalue weighted by Crippen LogP contribution is -2.76. The van der Waals surface area contributed by atoms with E-state index in [-0.39, 0.29) is 29.1 Å². The molecule has 3 aliphatic carbocycles. The van der Waals surface area contributed by atoms with E-state index in [0.717, 1.165) is 35.9 Å². The molecule has 3 saturated carbocycles. The van der Waals surface area contributed by atoms with E-state index in [1.165, 1.54) is 7.11 Å². The first kappa shape index (κ1) is 19.8. The maximum Gasteiger partial charge on any atom is 0.408 e. The summed E-state index contributed by atoms with van der Waals surface area (Å²) < 4.78 is 12.7. The van der Waals surface area contributed by atoms with Crippen molar-refractivity contribution in [1.29, 1.82) is 0 Å². The number of aromatic nitrogens is 1. The van der Waals surface area contributed by atoms with Crippen LogP contribution in [0.4, 0.5) is 4.79 Å². The molecule has 6 heteroatoms. The van der Waals surface area contributed by atoms with Crippen LogP contribution < -0.4 is 5.32 Å². The smallest absolute Gasteiger partial charge is 0.408 e. The van der Waals surface area contributed by atoms with Crippen LogP contribution in [0.1, 0.15) is 69.1 Å². The zero-order valence-electron chi connectivity index (χ0n) is 18.1. The molecule has 1 aromatic heterocycles. The van der Waals surface area contributed by atoms with Gasteiger partial charge in [0.25, 0.3) is 0 Å². The molecule has 6 nitrogen and oxygen atoms in total. The number of para-hydroxylation sites is 1. The Morgan fingerprint density at radius 2 is 1.79 bits per heavy atom. The molecule has 0 unspecified atom stereocenters. The van der Waals surface area contributed by atoms with Gasteiger partial charge in [0.2, 0.25) is 0 Å². The van der Waals surface area contributed by atoms with Crippen LogP contribution in [-0.2, 0) is 9.47 Å². The Balaban J connectivity index is 1.57. The van der Waals surface area contributed by atoms with Crippen molar-refractivity contribution in [3.8, 4) is 0 Å². The van der Waals surface area contributed by atoms with Crippen LogP contribution in [0.5, 0.6) is 0 Å². The number of rotatable bonds is 4. The molecule has 1 atom stereocenters. The van der Waals surface area contributed by atoms with Crippen LogP contribution in [-0.4, -0.2) is 34.9 Å². The standard InChI is InChI=1S/C23H30N2O4/c1-14-18(19(26)28-6)16-9-7-8-10-17(16)25(14)15(2)22-11-23(12-22,13-22)24-20(27)29-21(3,4)5/h7-10,15H,11-13H2,1-6H3,(H,24,27)/t15-,22?,23?/m1/s1. The second-order valence-corrected chi connectivity index (χ2v) is 9.82. The van der Waals surface area contributed by atoms with Crippen molar-refractivity contribution in [2.24, 2.45) is 5.41 Å². The largest absolute Gasteiger partial charge is 0.465 e. The van der Waals surface area contributed by atoms with Gasteiger partial charge in [-0.25, -0.2) is 9.59 Å². The van der Waals surface area contributed by atoms with Crippen molar-refractivity contribution in [1.82, 2.24) is 9.88 Å². The van der Waals surface area contributed by atoms with E-state index in [9.17, 15) is 9.59 Å². The maximum absolute atomic E-state index is 12.4. The summed E-state index contributed by atoms with van der Waals surface area (Å²) in [6, 6.07) is 8.20. The van der Waals surface area contributed by atoms with Gasteiger partial charge in [0.1, 0.15) is 5.60 Å². The molecule has 3 fully saturated rings. The number of hydrogen-bond donors (Lipinski definition) is 1. The summed E-state index contributed by atoms with van der Waals surface area (Å²) >= 11 is 0. The Morgan fingerprint density at radius 3 is 2.38 bits per heavy atom. The van der Waals surface area contributed by atoms with Crippen molar-refractivity contribution in [2.45, 2.75) is 71.1 Å². The van der Waals surface area contributed by atoms with Gasteiger partial charge in [-0.15, -0.1) is 0 Å². The number of alkyl carbamates (subject to hydrolysis) is 1. The van der Waals surface area contributed by atoms with Crippen molar-refractivity contribution in [3.63, 3.8) is 0 Å². The molecule has 1 N–H and O–H groups in total. The predicted molar refractivity (Wildman–Crippen MR) is 111 cm³/mol. The van der Waals surface area contributed by atoms with E-state index in [1.54, 1.807) is 0 Å². The normalized spacial score (nSPS) is 26.3. The third-order valence-electron chi connectivity index (χ3n) is 6.66. The average Bonchev–Trinajstić information content (AvgIpc) is 2.86. The van der Waals surface area contributed by atoms with Gasteiger partial charge < -0.3 is 19.4 Å². The molecule has 0 saturated heterocycles. The summed E-state index contributed by atoms with van der Waals surface area (Å²) in [6.07, 6.45) is 2.45. The fourth-order valence-electron chi connectivity index (χ4n) is 5.49. The number of amides is 1. The highest BCUT2D eigenvalue weighted by Crippen LogP contribution is 2.72. The fourth-order valence-corrected chi connectivity index (χ4v) is 5.49. The van der Waals surface area contributed by atoms with Crippen molar-refractivity contribution >= 4 is 23.0 Å². The number of methoxy groups -OCH3 is 1. The Kier molecular flexibility index (Phi) is 4.27. The molecule has 1 heterocycles. The monoisotopic (exact) mass is 398 g/mol. The Bertz CT molecular complexity index is 978. The number of nitrogens with zero attached hydrogens (tertiary/aromatic N) is 1. The molecule has 5 rings (SSSR count).